The van der Waals surface area contributed by atoms with E-state index in [9.17, 15) is 9.00 Å². The fraction of sp³-hybridized carbons (Fsp3) is 0.316. The molecule has 0 aliphatic carbocycles. The Hall–Kier alpha value is -1.94. The van der Waals surface area contributed by atoms with Crippen molar-refractivity contribution in [2.75, 3.05) is 6.26 Å². The highest BCUT2D eigenvalue weighted by molar-refractivity contribution is 7.84. The quantitative estimate of drug-likeness (QED) is 0.930. The van der Waals surface area contributed by atoms with Crippen LogP contribution in [0.4, 0.5) is 0 Å². The van der Waals surface area contributed by atoms with E-state index in [1.165, 1.54) is 5.56 Å². The Kier molecular flexibility index (Phi) is 5.37. The normalized spacial score (nSPS) is 12.7. The third kappa shape index (κ3) is 4.76. The summed E-state index contributed by atoms with van der Waals surface area (Å²) in [5.41, 5.74) is 2.93. The molecule has 1 atom stereocenters. The average Bonchev–Trinajstić information content (AvgIpc) is 2.52. The molecule has 0 bridgehead atoms. The van der Waals surface area contributed by atoms with E-state index < -0.39 is 10.8 Å². The molecule has 0 spiro atoms. The molecule has 0 aromatic heterocycles. The maximum atomic E-state index is 12.2. The van der Waals surface area contributed by atoms with Crippen LogP contribution in [0.3, 0.4) is 0 Å². The van der Waals surface area contributed by atoms with Gasteiger partial charge in [0.1, 0.15) is 0 Å². The van der Waals surface area contributed by atoms with Crippen LogP contribution < -0.4 is 5.32 Å². The lowest BCUT2D eigenvalue weighted by atomic mass is 9.87. The Morgan fingerprint density at radius 3 is 2.04 bits per heavy atom. The molecule has 0 saturated heterocycles. The van der Waals surface area contributed by atoms with Gasteiger partial charge in [0.2, 0.25) is 0 Å². The maximum Gasteiger partial charge on any atom is 0.251 e. The van der Waals surface area contributed by atoms with Gasteiger partial charge in [-0.2, -0.15) is 0 Å². The molecule has 0 saturated carbocycles. The lowest BCUT2D eigenvalue weighted by Crippen LogP contribution is -2.23. The van der Waals surface area contributed by atoms with Crippen molar-refractivity contribution in [1.29, 1.82) is 0 Å². The SMILES string of the molecule is CS(=O)c1ccc(CNC(=O)c2ccc(C(C)(C)C)cc2)cc1. The van der Waals surface area contributed by atoms with Crippen molar-refractivity contribution in [3.63, 3.8) is 0 Å². The van der Waals surface area contributed by atoms with Crippen molar-refractivity contribution in [2.24, 2.45) is 0 Å². The Labute approximate surface area is 140 Å². The smallest absolute Gasteiger partial charge is 0.251 e. The minimum Gasteiger partial charge on any atom is -0.348 e. The van der Waals surface area contributed by atoms with Gasteiger partial charge in [0.05, 0.1) is 0 Å². The van der Waals surface area contributed by atoms with Crippen LogP contribution in [0, 0.1) is 0 Å². The van der Waals surface area contributed by atoms with Crippen LogP contribution in [-0.2, 0) is 22.8 Å². The maximum absolute atomic E-state index is 12.2. The second kappa shape index (κ2) is 7.09. The van der Waals surface area contributed by atoms with Gasteiger partial charge in [-0.15, -0.1) is 0 Å². The summed E-state index contributed by atoms with van der Waals surface area (Å²) in [6.07, 6.45) is 1.65. The van der Waals surface area contributed by atoms with Crippen molar-refractivity contribution in [3.8, 4) is 0 Å². The van der Waals surface area contributed by atoms with Crippen molar-refractivity contribution in [3.05, 3.63) is 65.2 Å². The van der Waals surface area contributed by atoms with Crippen molar-refractivity contribution < 1.29 is 9.00 Å². The van der Waals surface area contributed by atoms with Crippen LogP contribution in [0.15, 0.2) is 53.4 Å². The molecule has 0 fully saturated rings. The zero-order valence-electron chi connectivity index (χ0n) is 14.1. The highest BCUT2D eigenvalue weighted by atomic mass is 32.2. The molecular formula is C19H23NO2S. The van der Waals surface area contributed by atoms with Gasteiger partial charge in [0, 0.05) is 34.1 Å². The number of hydrogen-bond donors (Lipinski definition) is 1. The molecule has 3 nitrogen and oxygen atoms in total. The van der Waals surface area contributed by atoms with Crippen LogP contribution in [0.25, 0.3) is 0 Å². The Morgan fingerprint density at radius 1 is 1.00 bits per heavy atom. The summed E-state index contributed by atoms with van der Waals surface area (Å²) < 4.78 is 11.3. The first-order valence-corrected chi connectivity index (χ1v) is 9.14. The Balaban J connectivity index is 1.98. The van der Waals surface area contributed by atoms with E-state index in [-0.39, 0.29) is 11.3 Å². The summed E-state index contributed by atoms with van der Waals surface area (Å²) in [7, 11) is -0.977. The minimum atomic E-state index is -0.977. The molecule has 122 valence electrons. The molecule has 0 radical (unpaired) electrons. The zero-order valence-corrected chi connectivity index (χ0v) is 14.9. The van der Waals surface area contributed by atoms with E-state index in [1.807, 2.05) is 48.5 Å². The molecule has 23 heavy (non-hydrogen) atoms. The van der Waals surface area contributed by atoms with Crippen LogP contribution >= 0.6 is 0 Å². The van der Waals surface area contributed by atoms with Crippen LogP contribution in [0.2, 0.25) is 0 Å². The molecule has 0 heterocycles. The topological polar surface area (TPSA) is 46.2 Å². The molecule has 4 heteroatoms. The number of benzene rings is 2. The molecular weight excluding hydrogens is 306 g/mol. The molecule has 2 rings (SSSR count). The van der Waals surface area contributed by atoms with Crippen molar-refractivity contribution in [2.45, 2.75) is 37.6 Å². The van der Waals surface area contributed by atoms with Gasteiger partial charge >= 0.3 is 0 Å². The second-order valence-electron chi connectivity index (χ2n) is 6.61. The van der Waals surface area contributed by atoms with E-state index in [4.69, 9.17) is 0 Å². The summed E-state index contributed by atoms with van der Waals surface area (Å²) in [5, 5.41) is 2.91. The average molecular weight is 329 g/mol. The fourth-order valence-electron chi connectivity index (χ4n) is 2.20. The zero-order chi connectivity index (χ0) is 17.0. The third-order valence-electron chi connectivity index (χ3n) is 3.72. The van der Waals surface area contributed by atoms with Crippen LogP contribution in [0.1, 0.15) is 42.3 Å². The number of hydrogen-bond acceptors (Lipinski definition) is 2. The van der Waals surface area contributed by atoms with Crippen LogP contribution in [-0.4, -0.2) is 16.4 Å². The largest absolute Gasteiger partial charge is 0.348 e. The fourth-order valence-corrected chi connectivity index (χ4v) is 2.72. The molecule has 2 aromatic carbocycles. The van der Waals surface area contributed by atoms with Crippen molar-refractivity contribution in [1.82, 2.24) is 5.32 Å². The highest BCUT2D eigenvalue weighted by Crippen LogP contribution is 2.22. The lowest BCUT2D eigenvalue weighted by molar-refractivity contribution is 0.0951. The first kappa shape index (κ1) is 17.4. The third-order valence-corrected chi connectivity index (χ3v) is 4.66. The highest BCUT2D eigenvalue weighted by Gasteiger charge is 2.14. The first-order chi connectivity index (χ1) is 10.8. The van der Waals surface area contributed by atoms with E-state index in [2.05, 4.69) is 26.1 Å². The standard InChI is InChI=1S/C19H23NO2S/c1-19(2,3)16-9-7-15(8-10-16)18(21)20-13-14-5-11-17(12-6-14)23(4)22/h5-12H,13H2,1-4H3,(H,20,21). The molecule has 0 aliphatic rings. The van der Waals surface area contributed by atoms with Gasteiger partial charge in [-0.1, -0.05) is 45.0 Å². The predicted octanol–water partition coefficient (Wildman–Crippen LogP) is 3.65. The number of carbonyl (C=O) groups is 1. The minimum absolute atomic E-state index is 0.0795. The summed E-state index contributed by atoms with van der Waals surface area (Å²) in [6, 6.07) is 15.2. The lowest BCUT2D eigenvalue weighted by Gasteiger charge is -2.19. The summed E-state index contributed by atoms with van der Waals surface area (Å²) in [5.74, 6) is -0.0893. The van der Waals surface area contributed by atoms with Crippen LogP contribution in [0.5, 0.6) is 0 Å². The van der Waals surface area contributed by atoms with Gasteiger partial charge < -0.3 is 5.32 Å². The second-order valence-corrected chi connectivity index (χ2v) is 7.99. The van der Waals surface area contributed by atoms with E-state index in [0.29, 0.717) is 12.1 Å². The van der Waals surface area contributed by atoms with Gasteiger partial charge in [0.15, 0.2) is 0 Å². The summed E-state index contributed by atoms with van der Waals surface area (Å²) in [6.45, 7) is 6.90. The number of rotatable bonds is 4. The number of nitrogens with one attached hydrogen (secondary N) is 1. The Bertz CT molecular complexity index is 698. The Morgan fingerprint density at radius 2 is 1.57 bits per heavy atom. The monoisotopic (exact) mass is 329 g/mol. The molecule has 1 N–H and O–H groups in total. The molecule has 0 aliphatic heterocycles. The van der Waals surface area contributed by atoms with Gasteiger partial charge in [0.25, 0.3) is 5.91 Å². The van der Waals surface area contributed by atoms with E-state index in [1.54, 1.807) is 6.26 Å². The number of amides is 1. The summed E-state index contributed by atoms with van der Waals surface area (Å²) >= 11 is 0. The van der Waals surface area contributed by atoms with E-state index >= 15 is 0 Å². The predicted molar refractivity (Wildman–Crippen MR) is 95.1 cm³/mol. The van der Waals surface area contributed by atoms with Gasteiger partial charge in [-0.25, -0.2) is 0 Å². The molecule has 1 unspecified atom stereocenters. The van der Waals surface area contributed by atoms with E-state index in [0.717, 1.165) is 10.5 Å². The first-order valence-electron chi connectivity index (χ1n) is 7.58. The summed E-state index contributed by atoms with van der Waals surface area (Å²) in [4.78, 5) is 13.0. The molecule has 1 amide bonds. The van der Waals surface area contributed by atoms with Gasteiger partial charge in [-0.05, 0) is 40.8 Å². The van der Waals surface area contributed by atoms with Gasteiger partial charge in [-0.3, -0.25) is 9.00 Å². The number of carbonyl (C=O) groups excluding carboxylic acids is 1. The molecule has 2 aromatic rings. The van der Waals surface area contributed by atoms with Crippen molar-refractivity contribution >= 4 is 16.7 Å².